The van der Waals surface area contributed by atoms with Crippen LogP contribution in [0.25, 0.3) is 0 Å². The van der Waals surface area contributed by atoms with Crippen molar-refractivity contribution in [3.05, 3.63) is 43.0 Å². The fraction of sp³-hybridized carbons (Fsp3) is 0.267. The van der Waals surface area contributed by atoms with E-state index in [-0.39, 0.29) is 17.9 Å². The summed E-state index contributed by atoms with van der Waals surface area (Å²) in [4.78, 5) is 28.8. The lowest BCUT2D eigenvalue weighted by Crippen LogP contribution is -2.65. The Morgan fingerprint density at radius 1 is 1.50 bits per heavy atom. The molecule has 6 nitrogen and oxygen atoms in total. The molecule has 0 aliphatic carbocycles. The molecule has 2 aliphatic heterocycles. The second kappa shape index (κ2) is 5.84. The second-order valence-electron chi connectivity index (χ2n) is 4.84. The Morgan fingerprint density at radius 3 is 2.86 bits per heavy atom. The molecular formula is C15H14N2O4S. The Labute approximate surface area is 131 Å². The number of aliphatic imine (C=N–C) groups is 1. The number of para-hydroxylation sites is 1. The minimum atomic E-state index is -1.09. The molecule has 2 heterocycles. The number of thioether (sulfide) groups is 1. The predicted octanol–water partition coefficient (Wildman–Crippen LogP) is 1.39. The first kappa shape index (κ1) is 14.6. The largest absolute Gasteiger partial charge is 0.487 e. The zero-order chi connectivity index (χ0) is 15.7. The van der Waals surface area contributed by atoms with Gasteiger partial charge in [-0.2, -0.15) is 0 Å². The predicted molar refractivity (Wildman–Crippen MR) is 83.0 cm³/mol. The minimum absolute atomic E-state index is 0.272. The summed E-state index contributed by atoms with van der Waals surface area (Å²) >= 11 is 1.37. The van der Waals surface area contributed by atoms with Crippen LogP contribution in [0.5, 0.6) is 5.75 Å². The average molecular weight is 318 g/mol. The molecule has 1 aromatic carbocycles. The number of likely N-dealkylation sites (tertiary alicyclic amines) is 1. The van der Waals surface area contributed by atoms with E-state index in [1.54, 1.807) is 0 Å². The molecule has 7 heteroatoms. The Hall–Kier alpha value is -2.28. The van der Waals surface area contributed by atoms with Crippen LogP contribution in [0.1, 0.15) is 0 Å². The van der Waals surface area contributed by atoms with Gasteiger partial charge < -0.3 is 14.7 Å². The first-order valence-electron chi connectivity index (χ1n) is 6.70. The molecule has 114 valence electrons. The van der Waals surface area contributed by atoms with Gasteiger partial charge in [0.2, 0.25) is 0 Å². The zero-order valence-corrected chi connectivity index (χ0v) is 12.4. The van der Waals surface area contributed by atoms with Gasteiger partial charge in [0.25, 0.3) is 5.91 Å². The van der Waals surface area contributed by atoms with Gasteiger partial charge in [-0.05, 0) is 12.1 Å². The number of rotatable bonds is 6. The third-order valence-corrected chi connectivity index (χ3v) is 4.69. The van der Waals surface area contributed by atoms with E-state index in [2.05, 4.69) is 11.6 Å². The number of carbonyl (C=O) groups is 2. The molecule has 0 radical (unpaired) electrons. The number of aliphatic carboxylic acids is 1. The van der Waals surface area contributed by atoms with Gasteiger partial charge >= 0.3 is 5.97 Å². The van der Waals surface area contributed by atoms with Gasteiger partial charge in [-0.1, -0.05) is 36.0 Å². The quantitative estimate of drug-likeness (QED) is 0.633. The molecule has 0 spiro atoms. The molecule has 2 aliphatic rings. The first-order valence-corrected chi connectivity index (χ1v) is 7.58. The van der Waals surface area contributed by atoms with Gasteiger partial charge in [-0.25, -0.2) is 4.79 Å². The number of amides is 1. The van der Waals surface area contributed by atoms with Crippen LogP contribution >= 0.6 is 11.8 Å². The third kappa shape index (κ3) is 2.48. The third-order valence-electron chi connectivity index (χ3n) is 3.47. The summed E-state index contributed by atoms with van der Waals surface area (Å²) in [7, 11) is 0. The summed E-state index contributed by atoms with van der Waals surface area (Å²) in [5, 5.41) is 9.55. The second-order valence-corrected chi connectivity index (χ2v) is 6.03. The van der Waals surface area contributed by atoms with E-state index in [9.17, 15) is 9.59 Å². The fourth-order valence-corrected chi connectivity index (χ4v) is 3.63. The highest BCUT2D eigenvalue weighted by Crippen LogP contribution is 2.40. The maximum atomic E-state index is 12.0. The summed E-state index contributed by atoms with van der Waals surface area (Å²) in [6.45, 7) is 3.76. The zero-order valence-electron chi connectivity index (χ0n) is 11.6. The van der Waals surface area contributed by atoms with E-state index in [4.69, 9.17) is 9.84 Å². The van der Waals surface area contributed by atoms with Gasteiger partial charge in [0, 0.05) is 0 Å². The number of hydrogen-bond acceptors (Lipinski definition) is 5. The van der Waals surface area contributed by atoms with Crippen LogP contribution in [-0.4, -0.2) is 51.0 Å². The lowest BCUT2D eigenvalue weighted by atomic mass is 10.0. The Morgan fingerprint density at radius 2 is 2.23 bits per heavy atom. The van der Waals surface area contributed by atoms with E-state index >= 15 is 0 Å². The number of benzene rings is 1. The molecular weight excluding hydrogens is 304 g/mol. The number of hydrogen-bond donors (Lipinski definition) is 1. The molecule has 0 saturated carbocycles. The van der Waals surface area contributed by atoms with Crippen LogP contribution in [0, 0.1) is 0 Å². The van der Waals surface area contributed by atoms with Crippen molar-refractivity contribution in [2.75, 3.05) is 6.61 Å². The first-order chi connectivity index (χ1) is 10.6. The number of carbonyl (C=O) groups excluding carboxylic acids is 1. The normalized spacial score (nSPS) is 24.1. The fourth-order valence-electron chi connectivity index (χ4n) is 2.40. The average Bonchev–Trinajstić information content (AvgIpc) is 2.90. The van der Waals surface area contributed by atoms with Crippen LogP contribution in [-0.2, 0) is 9.59 Å². The summed E-state index contributed by atoms with van der Waals surface area (Å²) < 4.78 is 5.60. The molecule has 1 aromatic rings. The lowest BCUT2D eigenvalue weighted by Gasteiger charge is -2.43. The number of carboxylic acid groups (broad SMARTS) is 1. The lowest BCUT2D eigenvalue weighted by molar-refractivity contribution is -0.156. The molecule has 3 atom stereocenters. The Balaban J connectivity index is 1.62. The van der Waals surface area contributed by atoms with Gasteiger partial charge in [-0.15, -0.1) is 6.58 Å². The molecule has 1 fully saturated rings. The highest BCUT2D eigenvalue weighted by molar-refractivity contribution is 8.15. The van der Waals surface area contributed by atoms with Gasteiger partial charge in [0.15, 0.2) is 6.04 Å². The molecule has 3 unspecified atom stereocenters. The molecule has 1 saturated heterocycles. The van der Waals surface area contributed by atoms with E-state index in [0.717, 1.165) is 5.75 Å². The van der Waals surface area contributed by atoms with Crippen molar-refractivity contribution >= 4 is 28.7 Å². The smallest absolute Gasteiger partial charge is 0.330 e. The SMILES string of the molecule is C=CC(C(=O)O)N1C(=O)C2N=C(COc3ccccc3)SC21. The van der Waals surface area contributed by atoms with Crippen LogP contribution in [0.2, 0.25) is 0 Å². The highest BCUT2D eigenvalue weighted by atomic mass is 32.2. The molecule has 0 bridgehead atoms. The van der Waals surface area contributed by atoms with Crippen LogP contribution in [0.4, 0.5) is 0 Å². The van der Waals surface area contributed by atoms with Crippen molar-refractivity contribution in [1.82, 2.24) is 4.90 Å². The number of carboxylic acids is 1. The Bertz CT molecular complexity index is 646. The number of nitrogens with zero attached hydrogens (tertiary/aromatic N) is 2. The number of fused-ring (bicyclic) bond motifs is 1. The topological polar surface area (TPSA) is 79.2 Å². The maximum Gasteiger partial charge on any atom is 0.330 e. The van der Waals surface area contributed by atoms with Crippen molar-refractivity contribution in [3.63, 3.8) is 0 Å². The molecule has 22 heavy (non-hydrogen) atoms. The van der Waals surface area contributed by atoms with Gasteiger partial charge in [-0.3, -0.25) is 9.79 Å². The highest BCUT2D eigenvalue weighted by Gasteiger charge is 2.55. The number of ether oxygens (including phenoxy) is 1. The molecule has 3 rings (SSSR count). The van der Waals surface area contributed by atoms with Crippen molar-refractivity contribution in [3.8, 4) is 5.75 Å². The van der Waals surface area contributed by atoms with Crippen LogP contribution in [0.3, 0.4) is 0 Å². The van der Waals surface area contributed by atoms with E-state index < -0.39 is 18.1 Å². The van der Waals surface area contributed by atoms with Crippen LogP contribution < -0.4 is 4.74 Å². The summed E-state index contributed by atoms with van der Waals surface area (Å²) in [5.74, 6) is -0.640. The van der Waals surface area contributed by atoms with E-state index in [1.807, 2.05) is 30.3 Å². The molecule has 0 aromatic heterocycles. The van der Waals surface area contributed by atoms with Crippen LogP contribution in [0.15, 0.2) is 48.0 Å². The van der Waals surface area contributed by atoms with Crippen molar-refractivity contribution < 1.29 is 19.4 Å². The van der Waals surface area contributed by atoms with Crippen molar-refractivity contribution in [1.29, 1.82) is 0 Å². The molecule has 1 amide bonds. The van der Waals surface area contributed by atoms with Crippen molar-refractivity contribution in [2.24, 2.45) is 4.99 Å². The monoisotopic (exact) mass is 318 g/mol. The van der Waals surface area contributed by atoms with Gasteiger partial charge in [0.1, 0.15) is 28.8 Å². The van der Waals surface area contributed by atoms with Crippen molar-refractivity contribution in [2.45, 2.75) is 17.5 Å². The van der Waals surface area contributed by atoms with Gasteiger partial charge in [0.05, 0.1) is 0 Å². The standard InChI is InChI=1S/C15H14N2O4S/c1-2-10(15(19)20)17-13(18)12-14(17)22-11(16-12)8-21-9-6-4-3-5-7-9/h2-7,10,12,14H,1,8H2,(H,19,20). The minimum Gasteiger partial charge on any atom is -0.487 e. The summed E-state index contributed by atoms with van der Waals surface area (Å²) in [6.07, 6.45) is 1.26. The summed E-state index contributed by atoms with van der Waals surface area (Å²) in [5.41, 5.74) is 0. The summed E-state index contributed by atoms with van der Waals surface area (Å²) in [6, 6.07) is 7.80. The Kier molecular flexibility index (Phi) is 3.89. The molecule has 1 N–H and O–H groups in total. The van der Waals surface area contributed by atoms with E-state index in [0.29, 0.717) is 5.04 Å². The van der Waals surface area contributed by atoms with E-state index in [1.165, 1.54) is 22.7 Å². The maximum absolute atomic E-state index is 12.0. The number of β-lactam (4-membered cyclic amide) rings is 1.